The fourth-order valence-corrected chi connectivity index (χ4v) is 2.92. The van der Waals surface area contributed by atoms with Gasteiger partial charge < -0.3 is 9.52 Å². The zero-order chi connectivity index (χ0) is 17.1. The number of aryl methyl sites for hydroxylation is 1. The molecule has 1 aromatic heterocycles. The van der Waals surface area contributed by atoms with E-state index < -0.39 is 17.7 Å². The molecule has 0 amide bonds. The van der Waals surface area contributed by atoms with Crippen LogP contribution in [0.1, 0.15) is 17.2 Å². The number of aliphatic hydroxyl groups is 1. The zero-order valence-electron chi connectivity index (χ0n) is 12.7. The number of thioether (sulfide) groups is 1. The summed E-state index contributed by atoms with van der Waals surface area (Å²) >= 11 is 1.08. The average Bonchev–Trinajstić information content (AvgIpc) is 3.04. The van der Waals surface area contributed by atoms with Gasteiger partial charge in [0.15, 0.2) is 0 Å². The second-order valence-corrected chi connectivity index (χ2v) is 6.15. The van der Waals surface area contributed by atoms with Gasteiger partial charge in [0.2, 0.25) is 5.89 Å². The predicted octanol–water partition coefficient (Wildman–Crippen LogP) is 4.15. The SMILES string of the molecule is Cc1ccccc1-c1nnc(SCC(O)c2cc(F)ccc2F)o1. The third kappa shape index (κ3) is 3.63. The Morgan fingerprint density at radius 3 is 2.75 bits per heavy atom. The molecule has 0 spiro atoms. The molecule has 0 aliphatic carbocycles. The Kier molecular flexibility index (Phi) is 4.92. The summed E-state index contributed by atoms with van der Waals surface area (Å²) in [7, 11) is 0. The second kappa shape index (κ2) is 7.11. The summed E-state index contributed by atoms with van der Waals surface area (Å²) < 4.78 is 32.4. The maximum atomic E-state index is 13.6. The number of aromatic nitrogens is 2. The maximum Gasteiger partial charge on any atom is 0.276 e. The van der Waals surface area contributed by atoms with Crippen LogP contribution in [0.2, 0.25) is 0 Å². The molecule has 2 aromatic carbocycles. The molecule has 3 aromatic rings. The van der Waals surface area contributed by atoms with Gasteiger partial charge >= 0.3 is 0 Å². The molecule has 7 heteroatoms. The zero-order valence-corrected chi connectivity index (χ0v) is 13.6. The lowest BCUT2D eigenvalue weighted by Crippen LogP contribution is -2.04. The number of aliphatic hydroxyl groups excluding tert-OH is 1. The number of benzene rings is 2. The second-order valence-electron chi connectivity index (χ2n) is 5.18. The Morgan fingerprint density at radius 2 is 1.96 bits per heavy atom. The van der Waals surface area contributed by atoms with E-state index in [9.17, 15) is 13.9 Å². The van der Waals surface area contributed by atoms with Gasteiger partial charge in [-0.1, -0.05) is 30.0 Å². The van der Waals surface area contributed by atoms with Crippen LogP contribution in [-0.2, 0) is 0 Å². The highest BCUT2D eigenvalue weighted by atomic mass is 32.2. The summed E-state index contributed by atoms with van der Waals surface area (Å²) in [6.07, 6.45) is -1.18. The lowest BCUT2D eigenvalue weighted by molar-refractivity contribution is 0.198. The first kappa shape index (κ1) is 16.6. The van der Waals surface area contributed by atoms with Crippen molar-refractivity contribution in [2.45, 2.75) is 18.3 Å². The van der Waals surface area contributed by atoms with Crippen LogP contribution in [0.25, 0.3) is 11.5 Å². The quantitative estimate of drug-likeness (QED) is 0.702. The van der Waals surface area contributed by atoms with Crippen molar-refractivity contribution in [3.05, 3.63) is 65.2 Å². The molecule has 124 valence electrons. The van der Waals surface area contributed by atoms with E-state index >= 15 is 0 Å². The topological polar surface area (TPSA) is 59.2 Å². The van der Waals surface area contributed by atoms with Crippen LogP contribution in [0, 0.1) is 18.6 Å². The van der Waals surface area contributed by atoms with E-state index in [1.54, 1.807) is 0 Å². The monoisotopic (exact) mass is 348 g/mol. The predicted molar refractivity (Wildman–Crippen MR) is 86.5 cm³/mol. The Hall–Kier alpha value is -2.25. The molecule has 0 radical (unpaired) electrons. The van der Waals surface area contributed by atoms with Crippen LogP contribution in [0.4, 0.5) is 8.78 Å². The Morgan fingerprint density at radius 1 is 1.17 bits per heavy atom. The Balaban J connectivity index is 1.69. The van der Waals surface area contributed by atoms with Crippen LogP contribution in [0.3, 0.4) is 0 Å². The molecule has 1 unspecified atom stereocenters. The molecule has 3 rings (SSSR count). The molecule has 1 heterocycles. The van der Waals surface area contributed by atoms with E-state index in [4.69, 9.17) is 4.42 Å². The van der Waals surface area contributed by atoms with Crippen molar-refractivity contribution in [1.82, 2.24) is 10.2 Å². The van der Waals surface area contributed by atoms with E-state index in [0.717, 1.165) is 41.1 Å². The number of hydrogen-bond donors (Lipinski definition) is 1. The van der Waals surface area contributed by atoms with Crippen molar-refractivity contribution in [2.24, 2.45) is 0 Å². The van der Waals surface area contributed by atoms with E-state index in [1.165, 1.54) is 0 Å². The third-order valence-electron chi connectivity index (χ3n) is 3.46. The molecular weight excluding hydrogens is 334 g/mol. The first-order valence-electron chi connectivity index (χ1n) is 7.20. The van der Waals surface area contributed by atoms with E-state index in [-0.39, 0.29) is 16.5 Å². The minimum atomic E-state index is -1.18. The minimum absolute atomic E-state index is 0.0653. The lowest BCUT2D eigenvalue weighted by Gasteiger charge is -2.10. The minimum Gasteiger partial charge on any atom is -0.411 e. The highest BCUT2D eigenvalue weighted by molar-refractivity contribution is 7.99. The summed E-state index contributed by atoms with van der Waals surface area (Å²) in [5.74, 6) is -0.816. The van der Waals surface area contributed by atoms with Gasteiger partial charge in [0.05, 0.1) is 6.10 Å². The average molecular weight is 348 g/mol. The normalized spacial score (nSPS) is 12.3. The van der Waals surface area contributed by atoms with Crippen LogP contribution in [0.15, 0.2) is 52.1 Å². The van der Waals surface area contributed by atoms with Gasteiger partial charge in [0, 0.05) is 16.9 Å². The van der Waals surface area contributed by atoms with E-state index in [2.05, 4.69) is 10.2 Å². The molecule has 0 fully saturated rings. The van der Waals surface area contributed by atoms with Gasteiger partial charge in [-0.25, -0.2) is 8.78 Å². The Bertz CT molecular complexity index is 854. The van der Waals surface area contributed by atoms with E-state index in [1.807, 2.05) is 31.2 Å². The first-order chi connectivity index (χ1) is 11.5. The van der Waals surface area contributed by atoms with Gasteiger partial charge in [-0.3, -0.25) is 0 Å². The fraction of sp³-hybridized carbons (Fsp3) is 0.176. The number of rotatable bonds is 5. The molecule has 0 aliphatic rings. The molecule has 0 saturated carbocycles. The molecule has 0 aliphatic heterocycles. The first-order valence-corrected chi connectivity index (χ1v) is 8.18. The largest absolute Gasteiger partial charge is 0.411 e. The van der Waals surface area contributed by atoms with Gasteiger partial charge in [0.1, 0.15) is 11.6 Å². The molecule has 1 atom stereocenters. The molecule has 0 bridgehead atoms. The van der Waals surface area contributed by atoms with Gasteiger partial charge in [-0.05, 0) is 36.8 Å². The molecule has 1 N–H and O–H groups in total. The fourth-order valence-electron chi connectivity index (χ4n) is 2.20. The third-order valence-corrected chi connectivity index (χ3v) is 4.36. The van der Waals surface area contributed by atoms with Crippen molar-refractivity contribution in [3.8, 4) is 11.5 Å². The summed E-state index contributed by atoms with van der Waals surface area (Å²) in [6, 6.07) is 10.6. The Labute approximate surface area is 141 Å². The van der Waals surface area contributed by atoms with Crippen molar-refractivity contribution in [1.29, 1.82) is 0 Å². The molecule has 24 heavy (non-hydrogen) atoms. The smallest absolute Gasteiger partial charge is 0.276 e. The van der Waals surface area contributed by atoms with Crippen LogP contribution in [-0.4, -0.2) is 21.1 Å². The van der Waals surface area contributed by atoms with Crippen molar-refractivity contribution in [2.75, 3.05) is 5.75 Å². The highest BCUT2D eigenvalue weighted by Gasteiger charge is 2.17. The maximum absolute atomic E-state index is 13.6. The highest BCUT2D eigenvalue weighted by Crippen LogP contribution is 2.29. The number of halogens is 2. The van der Waals surface area contributed by atoms with Gasteiger partial charge in [-0.15, -0.1) is 10.2 Å². The molecule has 0 saturated heterocycles. The summed E-state index contributed by atoms with van der Waals surface area (Å²) in [6.45, 7) is 1.93. The number of nitrogens with zero attached hydrogens (tertiary/aromatic N) is 2. The van der Waals surface area contributed by atoms with Crippen LogP contribution < -0.4 is 0 Å². The van der Waals surface area contributed by atoms with Gasteiger partial charge in [-0.2, -0.15) is 0 Å². The van der Waals surface area contributed by atoms with Crippen LogP contribution in [0.5, 0.6) is 0 Å². The van der Waals surface area contributed by atoms with Crippen molar-refractivity contribution in [3.63, 3.8) is 0 Å². The van der Waals surface area contributed by atoms with Gasteiger partial charge in [0.25, 0.3) is 5.22 Å². The molecular formula is C17H14F2N2O2S. The van der Waals surface area contributed by atoms with Crippen LogP contribution >= 0.6 is 11.8 Å². The summed E-state index contributed by atoms with van der Waals surface area (Å²) in [5, 5.41) is 18.2. The van der Waals surface area contributed by atoms with E-state index in [0.29, 0.717) is 5.89 Å². The lowest BCUT2D eigenvalue weighted by atomic mass is 10.1. The van der Waals surface area contributed by atoms with Crippen molar-refractivity contribution >= 4 is 11.8 Å². The number of hydrogen-bond acceptors (Lipinski definition) is 5. The summed E-state index contributed by atoms with van der Waals surface area (Å²) in [4.78, 5) is 0. The summed E-state index contributed by atoms with van der Waals surface area (Å²) in [5.41, 5.74) is 1.73. The van der Waals surface area contributed by atoms with Crippen molar-refractivity contribution < 1.29 is 18.3 Å². The molecule has 4 nitrogen and oxygen atoms in total. The standard InChI is InChI=1S/C17H14F2N2O2S/c1-10-4-2-3-5-12(10)16-20-21-17(23-16)24-9-15(22)13-8-11(18)6-7-14(13)19/h2-8,15,22H,9H2,1H3.